The van der Waals surface area contributed by atoms with Gasteiger partial charge in [-0.1, -0.05) is 35.5 Å². The van der Waals surface area contributed by atoms with E-state index in [0.717, 1.165) is 12.8 Å². The van der Waals surface area contributed by atoms with E-state index in [1.54, 1.807) is 13.8 Å². The van der Waals surface area contributed by atoms with Crippen LogP contribution in [-0.4, -0.2) is 41.6 Å². The minimum atomic E-state index is -0.342. The second-order valence-corrected chi connectivity index (χ2v) is 7.30. The molecule has 0 saturated carbocycles. The van der Waals surface area contributed by atoms with Crippen molar-refractivity contribution in [2.24, 2.45) is 11.7 Å². The van der Waals surface area contributed by atoms with Crippen molar-refractivity contribution in [3.63, 3.8) is 0 Å². The minimum absolute atomic E-state index is 0.168. The first-order valence-electron chi connectivity index (χ1n) is 9.49. The highest BCUT2D eigenvalue weighted by Gasteiger charge is 2.30. The number of urea groups is 1. The van der Waals surface area contributed by atoms with Gasteiger partial charge in [0.2, 0.25) is 5.91 Å². The Kier molecular flexibility index (Phi) is 6.30. The van der Waals surface area contributed by atoms with Crippen molar-refractivity contribution in [1.29, 1.82) is 0 Å². The molecule has 0 aliphatic carbocycles. The van der Waals surface area contributed by atoms with Crippen LogP contribution < -0.4 is 16.4 Å². The average Bonchev–Trinajstić information content (AvgIpc) is 2.99. The molecule has 28 heavy (non-hydrogen) atoms. The number of rotatable bonds is 6. The Bertz CT molecular complexity index is 801. The number of carbonyl (C=O) groups excluding carboxylic acids is 2. The number of benzene rings is 1. The molecule has 1 aromatic heterocycles. The fourth-order valence-corrected chi connectivity index (χ4v) is 3.78. The van der Waals surface area contributed by atoms with Crippen LogP contribution in [0.2, 0.25) is 0 Å². The lowest BCUT2D eigenvalue weighted by atomic mass is 9.89. The Labute approximate surface area is 164 Å². The highest BCUT2D eigenvalue weighted by molar-refractivity contribution is 5.90. The third-order valence-electron chi connectivity index (χ3n) is 5.15. The second kappa shape index (κ2) is 8.88. The molecule has 150 valence electrons. The number of primary amides is 1. The number of nitrogens with one attached hydrogen (secondary N) is 2. The minimum Gasteiger partial charge on any atom is -0.369 e. The summed E-state index contributed by atoms with van der Waals surface area (Å²) < 4.78 is 5.05. The molecule has 0 spiro atoms. The summed E-state index contributed by atoms with van der Waals surface area (Å²) >= 11 is 0. The summed E-state index contributed by atoms with van der Waals surface area (Å²) in [5.74, 6) is 0.476. The van der Waals surface area contributed by atoms with E-state index in [1.807, 2.05) is 18.2 Å². The molecule has 2 aromatic rings. The maximum absolute atomic E-state index is 12.2. The molecule has 3 amide bonds. The summed E-state index contributed by atoms with van der Waals surface area (Å²) in [6.07, 6.45) is 1.87. The van der Waals surface area contributed by atoms with E-state index in [1.165, 1.54) is 5.56 Å². The number of nitrogens with two attached hydrogens (primary N) is 1. The largest absolute Gasteiger partial charge is 0.369 e. The number of anilines is 1. The van der Waals surface area contributed by atoms with Gasteiger partial charge < -0.3 is 20.9 Å². The van der Waals surface area contributed by atoms with Gasteiger partial charge in [0.1, 0.15) is 11.4 Å². The van der Waals surface area contributed by atoms with Crippen molar-refractivity contribution in [3.05, 3.63) is 47.3 Å². The molecule has 0 bridgehead atoms. The molecule has 2 heterocycles. The fourth-order valence-electron chi connectivity index (χ4n) is 3.78. The van der Waals surface area contributed by atoms with Crippen LogP contribution in [0.4, 0.5) is 10.5 Å². The molecule has 3 rings (SSSR count). The van der Waals surface area contributed by atoms with E-state index in [4.69, 9.17) is 10.3 Å². The quantitative estimate of drug-likeness (QED) is 0.706. The van der Waals surface area contributed by atoms with E-state index in [9.17, 15) is 9.59 Å². The number of piperidine rings is 1. The zero-order chi connectivity index (χ0) is 20.1. The average molecular weight is 385 g/mol. The van der Waals surface area contributed by atoms with Gasteiger partial charge in [-0.05, 0) is 38.2 Å². The van der Waals surface area contributed by atoms with E-state index in [-0.39, 0.29) is 30.4 Å². The molecule has 1 aromatic carbocycles. The van der Waals surface area contributed by atoms with Crippen LogP contribution in [0.1, 0.15) is 35.9 Å². The number of hydrogen-bond donors (Lipinski definition) is 3. The van der Waals surface area contributed by atoms with Crippen molar-refractivity contribution < 1.29 is 14.1 Å². The highest BCUT2D eigenvalue weighted by Crippen LogP contribution is 2.32. The molecule has 8 heteroatoms. The van der Waals surface area contributed by atoms with Gasteiger partial charge >= 0.3 is 6.03 Å². The van der Waals surface area contributed by atoms with Gasteiger partial charge in [-0.15, -0.1) is 0 Å². The standard InChI is InChI=1S/C20H27N5O3/c1-13-19(14(2)28-24-13)23-20(27)22-10-15-8-9-17(16-6-4-3-5-7-16)25(11-15)12-18(21)26/h3-7,15,17H,8-12H2,1-2H3,(H2,21,26)(H2,22,23,27)/t15-,17+/m1/s1. The second-order valence-electron chi connectivity index (χ2n) is 7.30. The lowest BCUT2D eigenvalue weighted by Gasteiger charge is -2.39. The number of amides is 3. The number of carbonyl (C=O) groups is 2. The summed E-state index contributed by atoms with van der Waals surface area (Å²) in [4.78, 5) is 25.9. The zero-order valence-electron chi connectivity index (χ0n) is 16.3. The molecule has 1 saturated heterocycles. The van der Waals surface area contributed by atoms with Crippen LogP contribution >= 0.6 is 0 Å². The number of nitrogens with zero attached hydrogens (tertiary/aromatic N) is 2. The van der Waals surface area contributed by atoms with Gasteiger partial charge in [0.05, 0.1) is 6.54 Å². The Balaban J connectivity index is 1.57. The first kappa shape index (κ1) is 19.9. The summed E-state index contributed by atoms with van der Waals surface area (Å²) in [6, 6.07) is 10.0. The van der Waals surface area contributed by atoms with Gasteiger partial charge in [0, 0.05) is 19.1 Å². The van der Waals surface area contributed by atoms with Crippen molar-refractivity contribution in [2.75, 3.05) is 25.0 Å². The molecule has 0 radical (unpaired) electrons. The first-order valence-corrected chi connectivity index (χ1v) is 9.49. The van der Waals surface area contributed by atoms with Crippen molar-refractivity contribution in [2.45, 2.75) is 32.7 Å². The van der Waals surface area contributed by atoms with Gasteiger partial charge in [-0.2, -0.15) is 0 Å². The molecule has 4 N–H and O–H groups in total. The summed E-state index contributed by atoms with van der Waals surface area (Å²) in [7, 11) is 0. The number of aryl methyl sites for hydroxylation is 2. The molecular formula is C20H27N5O3. The SMILES string of the molecule is Cc1noc(C)c1NC(=O)NC[C@H]1CC[C@@H](c2ccccc2)N(CC(N)=O)C1. The van der Waals surface area contributed by atoms with E-state index >= 15 is 0 Å². The number of aromatic nitrogens is 1. The predicted octanol–water partition coefficient (Wildman–Crippen LogP) is 2.35. The lowest BCUT2D eigenvalue weighted by Crippen LogP contribution is -2.46. The van der Waals surface area contributed by atoms with Crippen molar-refractivity contribution in [3.8, 4) is 0 Å². The molecule has 1 aliphatic rings. The maximum Gasteiger partial charge on any atom is 0.319 e. The van der Waals surface area contributed by atoms with Gasteiger partial charge in [-0.25, -0.2) is 4.79 Å². The molecule has 2 atom stereocenters. The fraction of sp³-hybridized carbons (Fsp3) is 0.450. The van der Waals surface area contributed by atoms with Crippen molar-refractivity contribution >= 4 is 17.6 Å². The molecule has 8 nitrogen and oxygen atoms in total. The molecular weight excluding hydrogens is 358 g/mol. The van der Waals surface area contributed by atoms with Crippen LogP contribution in [0.15, 0.2) is 34.9 Å². The zero-order valence-corrected chi connectivity index (χ0v) is 16.3. The third-order valence-corrected chi connectivity index (χ3v) is 5.15. The van der Waals surface area contributed by atoms with E-state index in [2.05, 4.69) is 32.8 Å². The Hall–Kier alpha value is -2.87. The number of likely N-dealkylation sites (tertiary alicyclic amines) is 1. The van der Waals surface area contributed by atoms with Gasteiger partial charge in [0.25, 0.3) is 0 Å². The van der Waals surface area contributed by atoms with Crippen LogP contribution in [0.3, 0.4) is 0 Å². The van der Waals surface area contributed by atoms with Crippen molar-refractivity contribution in [1.82, 2.24) is 15.4 Å². The Morgan fingerprint density at radius 2 is 2.00 bits per heavy atom. The van der Waals surface area contributed by atoms with Crippen LogP contribution in [0.5, 0.6) is 0 Å². The third kappa shape index (κ3) is 4.89. The smallest absolute Gasteiger partial charge is 0.319 e. The van der Waals surface area contributed by atoms with E-state index < -0.39 is 0 Å². The normalized spacial score (nSPS) is 19.9. The maximum atomic E-state index is 12.2. The lowest BCUT2D eigenvalue weighted by molar-refractivity contribution is -0.120. The molecule has 0 unspecified atom stereocenters. The monoisotopic (exact) mass is 385 g/mol. The first-order chi connectivity index (χ1) is 13.4. The Morgan fingerprint density at radius 1 is 1.25 bits per heavy atom. The Morgan fingerprint density at radius 3 is 2.64 bits per heavy atom. The summed E-state index contributed by atoms with van der Waals surface area (Å²) in [5.41, 5.74) is 7.89. The predicted molar refractivity (Wildman–Crippen MR) is 106 cm³/mol. The van der Waals surface area contributed by atoms with Crippen LogP contribution in [0, 0.1) is 19.8 Å². The number of hydrogen-bond acceptors (Lipinski definition) is 5. The molecule has 1 fully saturated rings. The highest BCUT2D eigenvalue weighted by atomic mass is 16.5. The van der Waals surface area contributed by atoms with E-state index in [0.29, 0.717) is 30.2 Å². The van der Waals surface area contributed by atoms with Gasteiger partial charge in [0.15, 0.2) is 5.76 Å². The molecule has 1 aliphatic heterocycles. The van der Waals surface area contributed by atoms with Crippen LogP contribution in [0.25, 0.3) is 0 Å². The summed E-state index contributed by atoms with van der Waals surface area (Å²) in [5, 5.41) is 9.52. The van der Waals surface area contributed by atoms with Gasteiger partial charge in [-0.3, -0.25) is 9.69 Å². The van der Waals surface area contributed by atoms with Crippen LogP contribution in [-0.2, 0) is 4.79 Å². The topological polar surface area (TPSA) is 113 Å². The summed E-state index contributed by atoms with van der Waals surface area (Å²) in [6.45, 7) is 4.96.